The van der Waals surface area contributed by atoms with Crippen LogP contribution in [0.25, 0.3) is 0 Å². The fourth-order valence-electron chi connectivity index (χ4n) is 2.81. The van der Waals surface area contributed by atoms with E-state index in [1.807, 2.05) is 0 Å². The molecule has 0 radical (unpaired) electrons. The molecule has 3 heterocycles. The molecule has 0 aromatic rings. The van der Waals surface area contributed by atoms with Gasteiger partial charge >= 0.3 is 5.97 Å². The minimum Gasteiger partial charge on any atom is -0.479 e. The minimum atomic E-state index is -1.12. The van der Waals surface area contributed by atoms with Crippen LogP contribution in [0, 0.1) is 0 Å². The van der Waals surface area contributed by atoms with Crippen molar-refractivity contribution in [2.45, 2.75) is 70.0 Å². The number of carboxylic acids is 1. The zero-order valence-electron chi connectivity index (χ0n) is 11.3. The fraction of sp³-hybridized carbons (Fsp3) is 0.917. The van der Waals surface area contributed by atoms with Crippen molar-refractivity contribution in [1.29, 1.82) is 0 Å². The van der Waals surface area contributed by atoms with Crippen molar-refractivity contribution in [2.24, 2.45) is 0 Å². The molecular formula is C12H18O7. The van der Waals surface area contributed by atoms with Crippen LogP contribution in [0.15, 0.2) is 0 Å². The van der Waals surface area contributed by atoms with Gasteiger partial charge < -0.3 is 28.8 Å². The van der Waals surface area contributed by atoms with Gasteiger partial charge in [-0.05, 0) is 27.7 Å². The lowest BCUT2D eigenvalue weighted by atomic mass is 9.99. The van der Waals surface area contributed by atoms with E-state index in [1.165, 1.54) is 0 Å². The quantitative estimate of drug-likeness (QED) is 0.744. The van der Waals surface area contributed by atoms with Gasteiger partial charge in [-0.15, -0.1) is 0 Å². The summed E-state index contributed by atoms with van der Waals surface area (Å²) in [7, 11) is 0. The van der Waals surface area contributed by atoms with Crippen LogP contribution in [0.1, 0.15) is 27.7 Å². The Balaban J connectivity index is 1.91. The van der Waals surface area contributed by atoms with Crippen LogP contribution in [-0.2, 0) is 28.5 Å². The summed E-state index contributed by atoms with van der Waals surface area (Å²) in [5.74, 6) is -2.79. The average molecular weight is 274 g/mol. The highest BCUT2D eigenvalue weighted by molar-refractivity contribution is 5.73. The smallest absolute Gasteiger partial charge is 0.335 e. The van der Waals surface area contributed by atoms with Crippen molar-refractivity contribution in [3.8, 4) is 0 Å². The molecule has 3 rings (SSSR count). The van der Waals surface area contributed by atoms with E-state index in [9.17, 15) is 9.90 Å². The molecule has 0 saturated carbocycles. The Kier molecular flexibility index (Phi) is 2.72. The third-order valence-electron chi connectivity index (χ3n) is 3.40. The summed E-state index contributed by atoms with van der Waals surface area (Å²) in [5.41, 5.74) is 0. The normalized spacial score (nSPS) is 46.6. The molecule has 0 aromatic heterocycles. The van der Waals surface area contributed by atoms with Crippen LogP contribution in [-0.4, -0.2) is 53.4 Å². The monoisotopic (exact) mass is 274 g/mol. The summed E-state index contributed by atoms with van der Waals surface area (Å²) >= 11 is 0. The predicted molar refractivity (Wildman–Crippen MR) is 60.2 cm³/mol. The number of hydrogen-bond donors (Lipinski definition) is 1. The van der Waals surface area contributed by atoms with Crippen LogP contribution in [0.3, 0.4) is 0 Å². The highest BCUT2D eigenvalue weighted by atomic mass is 16.9. The zero-order chi connectivity index (χ0) is 14.0. The summed E-state index contributed by atoms with van der Waals surface area (Å²) in [6, 6.07) is 0. The Bertz CT molecular complexity index is 405. The molecule has 0 aromatic carbocycles. The summed E-state index contributed by atoms with van der Waals surface area (Å²) < 4.78 is 28.2. The molecule has 0 spiro atoms. The molecule has 7 nitrogen and oxygen atoms in total. The molecule has 108 valence electrons. The van der Waals surface area contributed by atoms with Crippen molar-refractivity contribution in [1.82, 2.24) is 0 Å². The Hall–Kier alpha value is -0.730. The van der Waals surface area contributed by atoms with Crippen LogP contribution in [0.5, 0.6) is 0 Å². The molecule has 3 fully saturated rings. The Morgan fingerprint density at radius 2 is 1.42 bits per heavy atom. The number of carboxylic acid groups (broad SMARTS) is 1. The highest BCUT2D eigenvalue weighted by Crippen LogP contribution is 2.43. The van der Waals surface area contributed by atoms with Gasteiger partial charge in [0.25, 0.3) is 0 Å². The summed E-state index contributed by atoms with van der Waals surface area (Å²) in [5, 5.41) is 9.25. The summed E-state index contributed by atoms with van der Waals surface area (Å²) in [6.07, 6.45) is -3.58. The van der Waals surface area contributed by atoms with Crippen LogP contribution < -0.4 is 0 Å². The molecule has 0 aliphatic carbocycles. The van der Waals surface area contributed by atoms with Crippen molar-refractivity contribution in [2.75, 3.05) is 0 Å². The SMILES string of the molecule is CC1(C)O[C@@H]2O[C@H](C(=O)O)[C@H]3OC(C)(C)O[C@H]3[C@@H]2O1. The van der Waals surface area contributed by atoms with E-state index in [0.717, 1.165) is 0 Å². The first-order chi connectivity index (χ1) is 8.69. The van der Waals surface area contributed by atoms with E-state index in [-0.39, 0.29) is 0 Å². The molecule has 1 N–H and O–H groups in total. The van der Waals surface area contributed by atoms with Gasteiger partial charge in [-0.2, -0.15) is 0 Å². The maximum Gasteiger partial charge on any atom is 0.335 e. The average Bonchev–Trinajstić information content (AvgIpc) is 2.70. The molecule has 19 heavy (non-hydrogen) atoms. The molecule has 5 atom stereocenters. The largest absolute Gasteiger partial charge is 0.479 e. The second-order valence-corrected chi connectivity index (χ2v) is 5.93. The first-order valence-corrected chi connectivity index (χ1v) is 6.28. The lowest BCUT2D eigenvalue weighted by Gasteiger charge is -2.35. The predicted octanol–water partition coefficient (Wildman–Crippen LogP) is 0.467. The number of aliphatic carboxylic acids is 1. The second-order valence-electron chi connectivity index (χ2n) is 5.93. The molecule has 3 aliphatic heterocycles. The first-order valence-electron chi connectivity index (χ1n) is 6.28. The lowest BCUT2D eigenvalue weighted by molar-refractivity contribution is -0.237. The van der Waals surface area contributed by atoms with Gasteiger partial charge in [-0.25, -0.2) is 4.79 Å². The summed E-state index contributed by atoms with van der Waals surface area (Å²) in [4.78, 5) is 11.3. The first kappa shape index (κ1) is 13.3. The van der Waals surface area contributed by atoms with Crippen LogP contribution >= 0.6 is 0 Å². The van der Waals surface area contributed by atoms with Gasteiger partial charge in [0.2, 0.25) is 0 Å². The maximum atomic E-state index is 11.3. The minimum absolute atomic E-state index is 0.489. The van der Waals surface area contributed by atoms with E-state index in [0.29, 0.717) is 0 Å². The van der Waals surface area contributed by atoms with E-state index in [2.05, 4.69) is 0 Å². The topological polar surface area (TPSA) is 83.5 Å². The van der Waals surface area contributed by atoms with Crippen molar-refractivity contribution in [3.05, 3.63) is 0 Å². The van der Waals surface area contributed by atoms with E-state index in [4.69, 9.17) is 23.7 Å². The van der Waals surface area contributed by atoms with E-state index >= 15 is 0 Å². The van der Waals surface area contributed by atoms with Crippen LogP contribution in [0.2, 0.25) is 0 Å². The summed E-state index contributed by atoms with van der Waals surface area (Å²) in [6.45, 7) is 6.97. The van der Waals surface area contributed by atoms with Crippen LogP contribution in [0.4, 0.5) is 0 Å². The number of rotatable bonds is 1. The highest BCUT2D eigenvalue weighted by Gasteiger charge is 2.62. The van der Waals surface area contributed by atoms with Gasteiger partial charge in [0.1, 0.15) is 18.3 Å². The zero-order valence-corrected chi connectivity index (χ0v) is 11.3. The number of fused-ring (bicyclic) bond motifs is 3. The molecule has 0 bridgehead atoms. The molecule has 3 saturated heterocycles. The van der Waals surface area contributed by atoms with Crippen molar-refractivity contribution >= 4 is 5.97 Å². The number of hydrogen-bond acceptors (Lipinski definition) is 6. The number of carbonyl (C=O) groups is 1. The van der Waals surface area contributed by atoms with Gasteiger partial charge in [0, 0.05) is 0 Å². The number of ether oxygens (including phenoxy) is 5. The van der Waals surface area contributed by atoms with Gasteiger partial charge in [-0.1, -0.05) is 0 Å². The van der Waals surface area contributed by atoms with Gasteiger partial charge in [0.15, 0.2) is 24.0 Å². The van der Waals surface area contributed by atoms with Crippen molar-refractivity contribution in [3.63, 3.8) is 0 Å². The van der Waals surface area contributed by atoms with Crippen molar-refractivity contribution < 1.29 is 33.6 Å². The van der Waals surface area contributed by atoms with Gasteiger partial charge in [-0.3, -0.25) is 0 Å². The van der Waals surface area contributed by atoms with E-state index < -0.39 is 48.2 Å². The Labute approximate surface area is 110 Å². The second kappa shape index (κ2) is 3.89. The Morgan fingerprint density at radius 1 is 0.895 bits per heavy atom. The molecular weight excluding hydrogens is 256 g/mol. The third-order valence-corrected chi connectivity index (χ3v) is 3.40. The Morgan fingerprint density at radius 3 is 2.05 bits per heavy atom. The van der Waals surface area contributed by atoms with Gasteiger partial charge in [0.05, 0.1) is 0 Å². The third kappa shape index (κ3) is 2.15. The van der Waals surface area contributed by atoms with E-state index in [1.54, 1.807) is 27.7 Å². The fourth-order valence-corrected chi connectivity index (χ4v) is 2.81. The maximum absolute atomic E-state index is 11.3. The standard InChI is InChI=1S/C12H18O7/c1-11(2)16-5-6(17-11)8-10(15-7(5)9(13)14)19-12(3,4)18-8/h5-8,10H,1-4H3,(H,13,14)/t5-,6+,7-,8-,10-/m0/s1. The molecule has 0 unspecified atom stereocenters. The molecule has 7 heteroatoms. The molecule has 0 amide bonds. The molecule has 3 aliphatic rings. The lowest BCUT2D eigenvalue weighted by Crippen LogP contribution is -2.57.